The van der Waals surface area contributed by atoms with E-state index in [1.807, 2.05) is 13.8 Å². The van der Waals surface area contributed by atoms with Crippen molar-refractivity contribution in [1.29, 1.82) is 0 Å². The van der Waals surface area contributed by atoms with Gasteiger partial charge in [0.15, 0.2) is 0 Å². The SMILES string of the molecule is CCC1(O)CN(c2nc(C)nc3scc(C)c23)C1. The van der Waals surface area contributed by atoms with Gasteiger partial charge in [-0.15, -0.1) is 11.3 Å². The van der Waals surface area contributed by atoms with Gasteiger partial charge in [-0.25, -0.2) is 9.97 Å². The molecule has 1 aliphatic rings. The first-order valence-corrected chi connectivity index (χ1v) is 7.10. The van der Waals surface area contributed by atoms with Gasteiger partial charge in [-0.3, -0.25) is 0 Å². The molecule has 18 heavy (non-hydrogen) atoms. The van der Waals surface area contributed by atoms with Gasteiger partial charge in [0.25, 0.3) is 0 Å². The Kier molecular flexibility index (Phi) is 2.57. The Hall–Kier alpha value is -1.20. The first-order chi connectivity index (χ1) is 8.52. The van der Waals surface area contributed by atoms with Crippen LogP contribution in [0, 0.1) is 13.8 Å². The summed E-state index contributed by atoms with van der Waals surface area (Å²) in [6.45, 7) is 7.37. The van der Waals surface area contributed by atoms with Gasteiger partial charge in [0.2, 0.25) is 0 Å². The molecule has 0 aliphatic carbocycles. The van der Waals surface area contributed by atoms with E-state index >= 15 is 0 Å². The highest BCUT2D eigenvalue weighted by Gasteiger charge is 2.41. The van der Waals surface area contributed by atoms with E-state index < -0.39 is 5.60 Å². The second kappa shape index (κ2) is 3.90. The Labute approximate surface area is 110 Å². The fraction of sp³-hybridized carbons (Fsp3) is 0.538. The van der Waals surface area contributed by atoms with Gasteiger partial charge in [0, 0.05) is 13.1 Å². The standard InChI is InChI=1S/C13H17N3OS/c1-4-13(17)6-16(7-13)11-10-8(2)5-18-12(10)15-9(3)14-11/h5,17H,4,6-7H2,1-3H3. The fourth-order valence-corrected chi connectivity index (χ4v) is 3.39. The molecule has 96 valence electrons. The van der Waals surface area contributed by atoms with Crippen LogP contribution in [0.5, 0.6) is 0 Å². The highest BCUT2D eigenvalue weighted by Crippen LogP contribution is 2.36. The molecule has 0 amide bonds. The van der Waals surface area contributed by atoms with Crippen LogP contribution < -0.4 is 4.90 Å². The number of anilines is 1. The molecule has 1 aliphatic heterocycles. The van der Waals surface area contributed by atoms with Gasteiger partial charge in [0.1, 0.15) is 16.5 Å². The number of aromatic nitrogens is 2. The third-order valence-electron chi connectivity index (χ3n) is 3.64. The van der Waals surface area contributed by atoms with Crippen LogP contribution in [0.25, 0.3) is 10.2 Å². The van der Waals surface area contributed by atoms with Crippen LogP contribution in [-0.2, 0) is 0 Å². The molecule has 3 heterocycles. The van der Waals surface area contributed by atoms with E-state index in [9.17, 15) is 5.11 Å². The monoisotopic (exact) mass is 263 g/mol. The molecular weight excluding hydrogens is 246 g/mol. The largest absolute Gasteiger partial charge is 0.386 e. The molecule has 0 saturated carbocycles. The van der Waals surface area contributed by atoms with E-state index in [0.29, 0.717) is 13.1 Å². The number of rotatable bonds is 2. The smallest absolute Gasteiger partial charge is 0.141 e. The van der Waals surface area contributed by atoms with E-state index in [0.717, 1.165) is 28.3 Å². The summed E-state index contributed by atoms with van der Waals surface area (Å²) in [5.41, 5.74) is 0.687. The summed E-state index contributed by atoms with van der Waals surface area (Å²) in [4.78, 5) is 12.2. The Balaban J connectivity index is 2.04. The molecule has 0 spiro atoms. The quantitative estimate of drug-likeness (QED) is 0.903. The van der Waals surface area contributed by atoms with E-state index in [1.54, 1.807) is 11.3 Å². The number of nitrogens with zero attached hydrogens (tertiary/aromatic N) is 3. The number of fused-ring (bicyclic) bond motifs is 1. The molecule has 1 N–H and O–H groups in total. The molecule has 0 radical (unpaired) electrons. The average Bonchev–Trinajstić information content (AvgIpc) is 2.66. The van der Waals surface area contributed by atoms with Crippen molar-refractivity contribution in [1.82, 2.24) is 9.97 Å². The van der Waals surface area contributed by atoms with Crippen LogP contribution in [-0.4, -0.2) is 33.8 Å². The predicted molar refractivity (Wildman–Crippen MR) is 74.3 cm³/mol. The van der Waals surface area contributed by atoms with Gasteiger partial charge >= 0.3 is 0 Å². The van der Waals surface area contributed by atoms with Gasteiger partial charge in [-0.1, -0.05) is 6.92 Å². The minimum Gasteiger partial charge on any atom is -0.386 e. The fourth-order valence-electron chi connectivity index (χ4n) is 2.43. The molecule has 0 bridgehead atoms. The second-order valence-corrected chi connectivity index (χ2v) is 5.99. The summed E-state index contributed by atoms with van der Waals surface area (Å²) in [7, 11) is 0. The lowest BCUT2D eigenvalue weighted by Gasteiger charge is -2.47. The van der Waals surface area contributed by atoms with Gasteiger partial charge < -0.3 is 10.0 Å². The molecule has 2 aromatic heterocycles. The molecule has 1 saturated heterocycles. The van der Waals surface area contributed by atoms with Crippen molar-refractivity contribution < 1.29 is 5.11 Å². The van der Waals surface area contributed by atoms with E-state index in [2.05, 4.69) is 27.2 Å². The van der Waals surface area contributed by atoms with Crippen molar-refractivity contribution >= 4 is 27.4 Å². The first-order valence-electron chi connectivity index (χ1n) is 6.22. The van der Waals surface area contributed by atoms with Crippen molar-refractivity contribution in [2.24, 2.45) is 0 Å². The molecule has 0 atom stereocenters. The Morgan fingerprint density at radius 2 is 2.11 bits per heavy atom. The van der Waals surface area contributed by atoms with Crippen molar-refractivity contribution in [3.63, 3.8) is 0 Å². The van der Waals surface area contributed by atoms with Gasteiger partial charge in [-0.2, -0.15) is 0 Å². The molecule has 0 aromatic carbocycles. The summed E-state index contributed by atoms with van der Waals surface area (Å²) in [5, 5.41) is 13.4. The van der Waals surface area contributed by atoms with Crippen molar-refractivity contribution in [2.75, 3.05) is 18.0 Å². The number of β-amino-alcohol motifs (C(OH)–C–C–N with tert-alkyl or cyclic N) is 1. The topological polar surface area (TPSA) is 49.2 Å². The first kappa shape index (κ1) is 11.9. The molecule has 3 rings (SSSR count). The molecular formula is C13H17N3OS. The molecule has 1 fully saturated rings. The van der Waals surface area contributed by atoms with Gasteiger partial charge in [0.05, 0.1) is 11.0 Å². The lowest BCUT2D eigenvalue weighted by Crippen LogP contribution is -2.62. The van der Waals surface area contributed by atoms with Gasteiger partial charge in [-0.05, 0) is 31.2 Å². The van der Waals surface area contributed by atoms with Crippen molar-refractivity contribution in [2.45, 2.75) is 32.8 Å². The number of hydrogen-bond donors (Lipinski definition) is 1. The zero-order chi connectivity index (χ0) is 12.9. The molecule has 2 aromatic rings. The van der Waals surface area contributed by atoms with Crippen LogP contribution in [0.3, 0.4) is 0 Å². The summed E-state index contributed by atoms with van der Waals surface area (Å²) in [6, 6.07) is 0. The van der Waals surface area contributed by atoms with Crippen LogP contribution in [0.1, 0.15) is 24.7 Å². The zero-order valence-corrected chi connectivity index (χ0v) is 11.7. The maximum atomic E-state index is 10.1. The highest BCUT2D eigenvalue weighted by molar-refractivity contribution is 7.17. The van der Waals surface area contributed by atoms with Crippen molar-refractivity contribution in [3.05, 3.63) is 16.8 Å². The molecule has 4 nitrogen and oxygen atoms in total. The Morgan fingerprint density at radius 3 is 2.78 bits per heavy atom. The summed E-state index contributed by atoms with van der Waals surface area (Å²) < 4.78 is 0. The van der Waals surface area contributed by atoms with Crippen LogP contribution in [0.4, 0.5) is 5.82 Å². The molecule has 0 unspecified atom stereocenters. The third kappa shape index (κ3) is 1.69. The minimum absolute atomic E-state index is 0.533. The highest BCUT2D eigenvalue weighted by atomic mass is 32.1. The lowest BCUT2D eigenvalue weighted by atomic mass is 9.91. The zero-order valence-electron chi connectivity index (χ0n) is 10.9. The number of hydrogen-bond acceptors (Lipinski definition) is 5. The molecule has 5 heteroatoms. The van der Waals surface area contributed by atoms with Crippen molar-refractivity contribution in [3.8, 4) is 0 Å². The van der Waals surface area contributed by atoms with Crippen LogP contribution in [0.2, 0.25) is 0 Å². The van der Waals surface area contributed by atoms with E-state index in [4.69, 9.17) is 0 Å². The third-order valence-corrected chi connectivity index (χ3v) is 4.63. The minimum atomic E-state index is -0.533. The average molecular weight is 263 g/mol. The van der Waals surface area contributed by atoms with Crippen LogP contribution in [0.15, 0.2) is 5.38 Å². The Morgan fingerprint density at radius 1 is 1.39 bits per heavy atom. The maximum absolute atomic E-state index is 10.1. The normalized spacial score (nSPS) is 18.1. The number of aryl methyl sites for hydroxylation is 2. The second-order valence-electron chi connectivity index (χ2n) is 5.13. The van der Waals surface area contributed by atoms with E-state index in [1.165, 1.54) is 5.56 Å². The van der Waals surface area contributed by atoms with Crippen LogP contribution >= 0.6 is 11.3 Å². The Bertz CT molecular complexity index is 602. The number of aliphatic hydroxyl groups is 1. The summed E-state index contributed by atoms with van der Waals surface area (Å²) in [5.74, 6) is 1.78. The van der Waals surface area contributed by atoms with E-state index in [-0.39, 0.29) is 0 Å². The number of thiophene rings is 1. The maximum Gasteiger partial charge on any atom is 0.141 e. The predicted octanol–water partition coefficient (Wildman–Crippen LogP) is 2.27. The summed E-state index contributed by atoms with van der Waals surface area (Å²) in [6.07, 6.45) is 0.791. The summed E-state index contributed by atoms with van der Waals surface area (Å²) >= 11 is 1.66. The lowest BCUT2D eigenvalue weighted by molar-refractivity contribution is 0.00821.